The van der Waals surface area contributed by atoms with Crippen LogP contribution in [0.15, 0.2) is 102 Å². The van der Waals surface area contributed by atoms with Crippen molar-refractivity contribution in [3.05, 3.63) is 125 Å². The molecule has 0 aromatic heterocycles. The topological polar surface area (TPSA) is 95.6 Å². The van der Waals surface area contributed by atoms with Crippen LogP contribution >= 0.6 is 11.8 Å². The zero-order valence-electron chi connectivity index (χ0n) is 22.1. The summed E-state index contributed by atoms with van der Waals surface area (Å²) in [6, 6.07) is 28.5. The van der Waals surface area contributed by atoms with Crippen LogP contribution in [0.3, 0.4) is 0 Å². The molecule has 0 bridgehead atoms. The van der Waals surface area contributed by atoms with Crippen molar-refractivity contribution < 1.29 is 18.0 Å². The summed E-state index contributed by atoms with van der Waals surface area (Å²) in [4.78, 5) is 27.4. The smallest absolute Gasteiger partial charge is 0.261 e. The molecule has 1 aliphatic heterocycles. The van der Waals surface area contributed by atoms with Gasteiger partial charge in [0, 0.05) is 23.5 Å². The van der Waals surface area contributed by atoms with E-state index in [4.69, 9.17) is 0 Å². The zero-order chi connectivity index (χ0) is 28.3. The van der Waals surface area contributed by atoms with Crippen molar-refractivity contribution in [3.63, 3.8) is 0 Å². The van der Waals surface area contributed by atoms with Crippen LogP contribution in [0.1, 0.15) is 38.0 Å². The number of benzene rings is 4. The number of anilines is 2. The summed E-state index contributed by atoms with van der Waals surface area (Å²) in [5.74, 6) is 0.202. The Kier molecular flexibility index (Phi) is 7.95. The molecular weight excluding hydrogens is 542 g/mol. The fourth-order valence-corrected chi connectivity index (χ4v) is 6.66. The molecule has 40 heavy (non-hydrogen) atoms. The lowest BCUT2D eigenvalue weighted by Gasteiger charge is -2.24. The third kappa shape index (κ3) is 6.21. The molecule has 1 aliphatic rings. The predicted molar refractivity (Wildman–Crippen MR) is 160 cm³/mol. The summed E-state index contributed by atoms with van der Waals surface area (Å²) < 4.78 is 28.2. The van der Waals surface area contributed by atoms with Crippen molar-refractivity contribution >= 4 is 45.0 Å². The minimum absolute atomic E-state index is 0.0929. The van der Waals surface area contributed by atoms with E-state index in [0.717, 1.165) is 22.3 Å². The first-order valence-corrected chi connectivity index (χ1v) is 15.3. The van der Waals surface area contributed by atoms with Gasteiger partial charge in [-0.15, -0.1) is 11.8 Å². The minimum Gasteiger partial charge on any atom is -0.322 e. The molecule has 0 spiro atoms. The van der Waals surface area contributed by atoms with Crippen molar-refractivity contribution in [2.24, 2.45) is 0 Å². The number of thioether (sulfide) groups is 1. The van der Waals surface area contributed by atoms with Gasteiger partial charge < -0.3 is 10.2 Å². The second kappa shape index (κ2) is 11.6. The van der Waals surface area contributed by atoms with E-state index in [0.29, 0.717) is 29.2 Å². The highest BCUT2D eigenvalue weighted by molar-refractivity contribution is 8.00. The van der Waals surface area contributed by atoms with Crippen LogP contribution in [0.5, 0.6) is 0 Å². The molecule has 1 fully saturated rings. The second-order valence-electron chi connectivity index (χ2n) is 9.68. The number of aryl methyl sites for hydroxylation is 2. The molecule has 204 valence electrons. The van der Waals surface area contributed by atoms with Gasteiger partial charge in [0.2, 0.25) is 5.91 Å². The van der Waals surface area contributed by atoms with Gasteiger partial charge in [0.15, 0.2) is 0 Å². The van der Waals surface area contributed by atoms with E-state index in [1.807, 2.05) is 67.3 Å². The molecular formula is C31H29N3O4S2. The molecule has 4 aromatic rings. The number of hydrogen-bond acceptors (Lipinski definition) is 5. The minimum atomic E-state index is -3.77. The second-order valence-corrected chi connectivity index (χ2v) is 12.4. The van der Waals surface area contributed by atoms with Crippen molar-refractivity contribution in [1.29, 1.82) is 0 Å². The standard InChI is InChI=1S/C31H29N3O4S2/c1-21-8-13-27(18-22(21)2)33-40(37,38)28-16-14-26(15-17-28)32-30(36)24-9-11-25(12-10-24)31-34(29(35)20-39-31)19-23-6-4-3-5-7-23/h3-18,31,33H,19-20H2,1-2H3,(H,32,36)/t31-/m0/s1. The van der Waals surface area contributed by atoms with Crippen molar-refractivity contribution in [2.45, 2.75) is 30.7 Å². The Morgan fingerprint density at radius 1 is 0.875 bits per heavy atom. The number of hydrogen-bond donors (Lipinski definition) is 2. The van der Waals surface area contributed by atoms with Crippen LogP contribution in [0, 0.1) is 13.8 Å². The van der Waals surface area contributed by atoms with E-state index in [2.05, 4.69) is 10.0 Å². The van der Waals surface area contributed by atoms with Crippen LogP contribution in [0.25, 0.3) is 0 Å². The highest BCUT2D eigenvalue weighted by Crippen LogP contribution is 2.39. The van der Waals surface area contributed by atoms with Crippen molar-refractivity contribution in [2.75, 3.05) is 15.8 Å². The third-order valence-corrected chi connectivity index (χ3v) is 9.46. The van der Waals surface area contributed by atoms with Gasteiger partial charge in [-0.2, -0.15) is 0 Å². The Morgan fingerprint density at radius 2 is 1.55 bits per heavy atom. The van der Waals surface area contributed by atoms with Gasteiger partial charge in [-0.1, -0.05) is 48.5 Å². The number of carbonyl (C=O) groups is 2. The Balaban J connectivity index is 1.23. The molecule has 1 saturated heterocycles. The van der Waals surface area contributed by atoms with Gasteiger partial charge in [0.25, 0.3) is 15.9 Å². The van der Waals surface area contributed by atoms with Gasteiger partial charge in [0.1, 0.15) is 5.37 Å². The largest absolute Gasteiger partial charge is 0.322 e. The summed E-state index contributed by atoms with van der Waals surface area (Å²) in [7, 11) is -3.77. The molecule has 2 amide bonds. The predicted octanol–water partition coefficient (Wildman–Crippen LogP) is 6.13. The van der Waals surface area contributed by atoms with E-state index in [-0.39, 0.29) is 22.1 Å². The average Bonchev–Trinajstić information content (AvgIpc) is 3.31. The Morgan fingerprint density at radius 3 is 2.23 bits per heavy atom. The van der Waals surface area contributed by atoms with Gasteiger partial charge in [-0.3, -0.25) is 14.3 Å². The fraction of sp³-hybridized carbons (Fsp3) is 0.161. The molecule has 2 N–H and O–H groups in total. The normalized spacial score (nSPS) is 15.2. The first kappa shape index (κ1) is 27.5. The van der Waals surface area contributed by atoms with Crippen molar-refractivity contribution in [1.82, 2.24) is 4.90 Å². The Labute approximate surface area is 238 Å². The lowest BCUT2D eigenvalue weighted by molar-refractivity contribution is -0.128. The Hall–Kier alpha value is -4.08. The molecule has 4 aromatic carbocycles. The molecule has 0 radical (unpaired) electrons. The van der Waals surface area contributed by atoms with Crippen LogP contribution < -0.4 is 10.0 Å². The molecule has 0 unspecified atom stereocenters. The van der Waals surface area contributed by atoms with Crippen LogP contribution in [0.2, 0.25) is 0 Å². The molecule has 7 nitrogen and oxygen atoms in total. The molecule has 0 aliphatic carbocycles. The van der Waals surface area contributed by atoms with Crippen molar-refractivity contribution in [3.8, 4) is 0 Å². The van der Waals surface area contributed by atoms with Gasteiger partial charge in [-0.25, -0.2) is 8.42 Å². The number of rotatable bonds is 8. The summed E-state index contributed by atoms with van der Waals surface area (Å²) in [6.45, 7) is 4.42. The molecule has 9 heteroatoms. The maximum atomic E-state index is 12.9. The monoisotopic (exact) mass is 571 g/mol. The number of sulfonamides is 1. The first-order chi connectivity index (χ1) is 19.2. The van der Waals surface area contributed by atoms with E-state index in [1.54, 1.807) is 48.2 Å². The van der Waals surface area contributed by atoms with Crippen LogP contribution in [-0.4, -0.2) is 30.9 Å². The highest BCUT2D eigenvalue weighted by Gasteiger charge is 2.32. The summed E-state index contributed by atoms with van der Waals surface area (Å²) in [5, 5.41) is 2.70. The van der Waals surface area contributed by atoms with E-state index in [1.165, 1.54) is 12.1 Å². The zero-order valence-corrected chi connectivity index (χ0v) is 23.8. The summed E-state index contributed by atoms with van der Waals surface area (Å²) in [6.07, 6.45) is 0. The molecule has 5 rings (SSSR count). The number of amides is 2. The fourth-order valence-electron chi connectivity index (χ4n) is 4.42. The summed E-state index contributed by atoms with van der Waals surface area (Å²) in [5.41, 5.74) is 5.52. The van der Waals surface area contributed by atoms with Crippen LogP contribution in [0.4, 0.5) is 11.4 Å². The van der Waals surface area contributed by atoms with Crippen LogP contribution in [-0.2, 0) is 21.4 Å². The lowest BCUT2D eigenvalue weighted by atomic mass is 10.1. The number of carbonyl (C=O) groups excluding carboxylic acids is 2. The quantitative estimate of drug-likeness (QED) is 0.265. The van der Waals surface area contributed by atoms with Gasteiger partial charge in [-0.05, 0) is 84.6 Å². The molecule has 1 atom stereocenters. The third-order valence-electron chi connectivity index (χ3n) is 6.80. The highest BCUT2D eigenvalue weighted by atomic mass is 32.2. The number of nitrogens with zero attached hydrogens (tertiary/aromatic N) is 1. The molecule has 0 saturated carbocycles. The van der Waals surface area contributed by atoms with Gasteiger partial charge >= 0.3 is 0 Å². The van der Waals surface area contributed by atoms with E-state index in [9.17, 15) is 18.0 Å². The maximum Gasteiger partial charge on any atom is 0.261 e. The molecule has 1 heterocycles. The average molecular weight is 572 g/mol. The summed E-state index contributed by atoms with van der Waals surface area (Å²) >= 11 is 1.57. The maximum absolute atomic E-state index is 12.9. The van der Waals surface area contributed by atoms with E-state index < -0.39 is 10.0 Å². The Bertz CT molecular complexity index is 1640. The number of nitrogens with one attached hydrogen (secondary N) is 2. The lowest BCUT2D eigenvalue weighted by Crippen LogP contribution is -2.27. The first-order valence-electron chi connectivity index (χ1n) is 12.8. The van der Waals surface area contributed by atoms with Gasteiger partial charge in [0.05, 0.1) is 10.6 Å². The SMILES string of the molecule is Cc1ccc(NS(=O)(=O)c2ccc(NC(=O)c3ccc([C@@H]4SCC(=O)N4Cc4ccccc4)cc3)cc2)cc1C. The van der Waals surface area contributed by atoms with E-state index >= 15 is 0 Å².